The zero-order chi connectivity index (χ0) is 17.2. The Bertz CT molecular complexity index is 879. The molecule has 1 fully saturated rings. The number of hydrogen-bond acceptors (Lipinski definition) is 3. The molecule has 25 heavy (non-hydrogen) atoms. The molecule has 0 aliphatic carbocycles. The van der Waals surface area contributed by atoms with Gasteiger partial charge in [0.25, 0.3) is 0 Å². The van der Waals surface area contributed by atoms with E-state index < -0.39 is 0 Å². The van der Waals surface area contributed by atoms with Crippen LogP contribution < -0.4 is 0 Å². The van der Waals surface area contributed by atoms with E-state index in [-0.39, 0.29) is 0 Å². The maximum Gasteiger partial charge on any atom is 0.0548 e. The summed E-state index contributed by atoms with van der Waals surface area (Å²) in [6.45, 7) is 5.44. The van der Waals surface area contributed by atoms with Crippen molar-refractivity contribution < 1.29 is 0 Å². The van der Waals surface area contributed by atoms with Gasteiger partial charge in [-0.25, -0.2) is 0 Å². The van der Waals surface area contributed by atoms with Gasteiger partial charge in [-0.3, -0.25) is 9.88 Å². The van der Waals surface area contributed by atoms with Crippen molar-refractivity contribution in [2.24, 2.45) is 0 Å². The van der Waals surface area contributed by atoms with Crippen LogP contribution in [-0.4, -0.2) is 28.2 Å². The standard InChI is InChI=1S/C21H21ClN2S/c1-15-2-4-16(5-3-15)13-24-9-7-19(14-24)25-21-11-17-6-8-23-12-18(17)10-20(21)22/h2-6,8,10-12,19H,7,9,13-14H2,1H3/t19-/m0/s1. The summed E-state index contributed by atoms with van der Waals surface area (Å²) in [5.41, 5.74) is 2.72. The number of fused-ring (bicyclic) bond motifs is 1. The number of hydrogen-bond donors (Lipinski definition) is 0. The van der Waals surface area contributed by atoms with Gasteiger partial charge >= 0.3 is 0 Å². The first-order valence-electron chi connectivity index (χ1n) is 8.65. The lowest BCUT2D eigenvalue weighted by Crippen LogP contribution is -2.20. The zero-order valence-electron chi connectivity index (χ0n) is 14.3. The van der Waals surface area contributed by atoms with Crippen molar-refractivity contribution in [3.05, 3.63) is 71.0 Å². The molecule has 4 heteroatoms. The number of aromatic nitrogens is 1. The predicted molar refractivity (Wildman–Crippen MR) is 107 cm³/mol. The zero-order valence-corrected chi connectivity index (χ0v) is 15.9. The van der Waals surface area contributed by atoms with Crippen LogP contribution in [-0.2, 0) is 6.54 Å². The number of aryl methyl sites for hydroxylation is 1. The topological polar surface area (TPSA) is 16.1 Å². The molecule has 4 rings (SSSR count). The van der Waals surface area contributed by atoms with Crippen LogP contribution >= 0.6 is 23.4 Å². The number of thioether (sulfide) groups is 1. The predicted octanol–water partition coefficient (Wildman–Crippen LogP) is 5.56. The van der Waals surface area contributed by atoms with Gasteiger partial charge in [0.05, 0.1) is 5.02 Å². The second kappa shape index (κ2) is 7.36. The lowest BCUT2D eigenvalue weighted by atomic mass is 10.1. The molecule has 2 heterocycles. The molecule has 2 aromatic carbocycles. The van der Waals surface area contributed by atoms with E-state index in [0.717, 1.165) is 30.0 Å². The fraction of sp³-hybridized carbons (Fsp3) is 0.286. The first-order chi connectivity index (χ1) is 12.2. The Morgan fingerprint density at radius 2 is 2.00 bits per heavy atom. The molecule has 0 bridgehead atoms. The molecule has 0 radical (unpaired) electrons. The molecular formula is C21H21ClN2S. The van der Waals surface area contributed by atoms with E-state index >= 15 is 0 Å². The first-order valence-corrected chi connectivity index (χ1v) is 9.91. The molecule has 1 atom stereocenters. The van der Waals surface area contributed by atoms with E-state index in [4.69, 9.17) is 11.6 Å². The van der Waals surface area contributed by atoms with Gasteiger partial charge in [0.2, 0.25) is 0 Å². The minimum atomic E-state index is 0.599. The molecule has 1 saturated heterocycles. The molecule has 0 N–H and O–H groups in total. The third-order valence-corrected chi connectivity index (χ3v) is 6.48. The molecule has 3 aromatic rings. The number of nitrogens with zero attached hydrogens (tertiary/aromatic N) is 2. The Kier molecular flexibility index (Phi) is 4.98. The van der Waals surface area contributed by atoms with E-state index in [0.29, 0.717) is 5.25 Å². The van der Waals surface area contributed by atoms with Gasteiger partial charge < -0.3 is 0 Å². The number of likely N-dealkylation sites (tertiary alicyclic amines) is 1. The van der Waals surface area contributed by atoms with Crippen LogP contribution in [0.5, 0.6) is 0 Å². The Labute approximate surface area is 158 Å². The lowest BCUT2D eigenvalue weighted by molar-refractivity contribution is 0.332. The van der Waals surface area contributed by atoms with E-state index in [1.54, 1.807) is 0 Å². The van der Waals surface area contributed by atoms with Crippen LogP contribution in [0.15, 0.2) is 59.8 Å². The number of benzene rings is 2. The van der Waals surface area contributed by atoms with Crippen LogP contribution in [0.25, 0.3) is 10.8 Å². The van der Waals surface area contributed by atoms with E-state index in [1.165, 1.54) is 27.8 Å². The van der Waals surface area contributed by atoms with Gasteiger partial charge in [0.15, 0.2) is 0 Å². The monoisotopic (exact) mass is 368 g/mol. The van der Waals surface area contributed by atoms with Crippen LogP contribution in [0, 0.1) is 6.92 Å². The number of halogens is 1. The smallest absolute Gasteiger partial charge is 0.0548 e. The molecular weight excluding hydrogens is 348 g/mol. The van der Waals surface area contributed by atoms with Crippen LogP contribution in [0.1, 0.15) is 17.5 Å². The fourth-order valence-corrected chi connectivity index (χ4v) is 4.89. The highest BCUT2D eigenvalue weighted by Crippen LogP contribution is 2.37. The highest BCUT2D eigenvalue weighted by atomic mass is 35.5. The van der Waals surface area contributed by atoms with Gasteiger partial charge in [-0.2, -0.15) is 0 Å². The van der Waals surface area contributed by atoms with Crippen molar-refractivity contribution in [1.82, 2.24) is 9.88 Å². The van der Waals surface area contributed by atoms with Crippen LogP contribution in [0.3, 0.4) is 0 Å². The SMILES string of the molecule is Cc1ccc(CN2CC[C@H](Sc3cc4ccncc4cc3Cl)C2)cc1. The molecule has 0 spiro atoms. The van der Waals surface area contributed by atoms with E-state index in [2.05, 4.69) is 47.1 Å². The average Bonchev–Trinajstić information content (AvgIpc) is 3.05. The van der Waals surface area contributed by atoms with Gasteiger partial charge in [-0.05, 0) is 49.0 Å². The van der Waals surface area contributed by atoms with Crippen molar-refractivity contribution in [3.8, 4) is 0 Å². The summed E-state index contributed by atoms with van der Waals surface area (Å²) >= 11 is 8.42. The molecule has 2 nitrogen and oxygen atoms in total. The summed E-state index contributed by atoms with van der Waals surface area (Å²) in [6, 6.07) is 15.2. The lowest BCUT2D eigenvalue weighted by Gasteiger charge is -2.16. The molecule has 1 aliphatic rings. The number of rotatable bonds is 4. The van der Waals surface area contributed by atoms with Crippen LogP contribution in [0.4, 0.5) is 0 Å². The highest BCUT2D eigenvalue weighted by Gasteiger charge is 2.24. The third kappa shape index (κ3) is 4.00. The fourth-order valence-electron chi connectivity index (χ4n) is 3.35. The summed E-state index contributed by atoms with van der Waals surface area (Å²) in [5.74, 6) is 0. The molecule has 128 valence electrons. The maximum atomic E-state index is 6.50. The molecule has 1 aliphatic heterocycles. The van der Waals surface area contributed by atoms with E-state index in [1.807, 2.05) is 36.3 Å². The van der Waals surface area contributed by atoms with Crippen molar-refractivity contribution >= 4 is 34.1 Å². The summed E-state index contributed by atoms with van der Waals surface area (Å²) in [7, 11) is 0. The van der Waals surface area contributed by atoms with Gasteiger partial charge in [-0.1, -0.05) is 41.4 Å². The summed E-state index contributed by atoms with van der Waals surface area (Å²) in [5, 5.41) is 3.74. The molecule has 0 unspecified atom stereocenters. The second-order valence-corrected chi connectivity index (χ2v) is 8.50. The van der Waals surface area contributed by atoms with Gasteiger partial charge in [0, 0.05) is 41.0 Å². The molecule has 0 amide bonds. The van der Waals surface area contributed by atoms with Gasteiger partial charge in [-0.15, -0.1) is 11.8 Å². The van der Waals surface area contributed by atoms with Gasteiger partial charge in [0.1, 0.15) is 0 Å². The normalized spacial score (nSPS) is 18.1. The Hall–Kier alpha value is -1.55. The number of pyridine rings is 1. The third-order valence-electron chi connectivity index (χ3n) is 4.74. The van der Waals surface area contributed by atoms with E-state index in [9.17, 15) is 0 Å². The second-order valence-electron chi connectivity index (χ2n) is 6.75. The largest absolute Gasteiger partial charge is 0.298 e. The minimum absolute atomic E-state index is 0.599. The molecule has 1 aromatic heterocycles. The summed E-state index contributed by atoms with van der Waals surface area (Å²) < 4.78 is 0. The van der Waals surface area contributed by atoms with Crippen molar-refractivity contribution in [3.63, 3.8) is 0 Å². The van der Waals surface area contributed by atoms with Crippen molar-refractivity contribution in [2.45, 2.75) is 30.0 Å². The van der Waals surface area contributed by atoms with Crippen molar-refractivity contribution in [1.29, 1.82) is 0 Å². The highest BCUT2D eigenvalue weighted by molar-refractivity contribution is 8.00. The minimum Gasteiger partial charge on any atom is -0.298 e. The Morgan fingerprint density at radius 1 is 1.16 bits per heavy atom. The maximum absolute atomic E-state index is 6.50. The summed E-state index contributed by atoms with van der Waals surface area (Å²) in [4.78, 5) is 7.90. The average molecular weight is 369 g/mol. The van der Waals surface area contributed by atoms with Crippen LogP contribution in [0.2, 0.25) is 5.02 Å². The first kappa shape index (κ1) is 16.9. The Balaban J connectivity index is 1.42. The molecule has 0 saturated carbocycles. The van der Waals surface area contributed by atoms with Crippen molar-refractivity contribution in [2.75, 3.05) is 13.1 Å². The Morgan fingerprint density at radius 3 is 2.84 bits per heavy atom. The summed E-state index contributed by atoms with van der Waals surface area (Å²) in [6.07, 6.45) is 4.92. The quantitative estimate of drug-likeness (QED) is 0.599.